The standard InChI is InChI=1S/C15H11BrN4O2/c16-13-8-6-11(7-9-13)10-17-18-15-14(20(21)22-19-15)12-4-2-1-3-5-12/h1-10H,(H,18,19)/b17-10+. The molecule has 0 radical (unpaired) electrons. The van der Waals surface area contributed by atoms with Gasteiger partial charge in [0, 0.05) is 10.0 Å². The largest absolute Gasteiger partial charge is 0.359 e. The molecule has 0 aliphatic carbocycles. The molecule has 1 heterocycles. The summed E-state index contributed by atoms with van der Waals surface area (Å²) < 4.78 is 5.63. The van der Waals surface area contributed by atoms with E-state index in [1.165, 1.54) is 0 Å². The zero-order chi connectivity index (χ0) is 15.4. The van der Waals surface area contributed by atoms with Crippen LogP contribution in [0.3, 0.4) is 0 Å². The van der Waals surface area contributed by atoms with Gasteiger partial charge in [-0.15, -0.1) is 0 Å². The van der Waals surface area contributed by atoms with Crippen molar-refractivity contribution in [3.05, 3.63) is 69.8 Å². The van der Waals surface area contributed by atoms with E-state index < -0.39 is 0 Å². The minimum atomic E-state index is 0.259. The summed E-state index contributed by atoms with van der Waals surface area (Å²) in [4.78, 5) is 0.354. The van der Waals surface area contributed by atoms with Crippen LogP contribution in [-0.2, 0) is 0 Å². The Labute approximate surface area is 134 Å². The van der Waals surface area contributed by atoms with Crippen molar-refractivity contribution < 1.29 is 9.53 Å². The van der Waals surface area contributed by atoms with Gasteiger partial charge in [-0.1, -0.05) is 58.4 Å². The molecule has 22 heavy (non-hydrogen) atoms. The van der Waals surface area contributed by atoms with Crippen molar-refractivity contribution >= 4 is 28.0 Å². The number of benzene rings is 2. The van der Waals surface area contributed by atoms with Crippen LogP contribution in [0.2, 0.25) is 0 Å². The number of halogens is 1. The number of rotatable bonds is 4. The lowest BCUT2D eigenvalue weighted by Gasteiger charge is -1.98. The van der Waals surface area contributed by atoms with E-state index in [0.717, 1.165) is 10.0 Å². The summed E-state index contributed by atoms with van der Waals surface area (Å²) in [6.07, 6.45) is 1.63. The van der Waals surface area contributed by atoms with Gasteiger partial charge in [0.05, 0.1) is 11.4 Å². The Balaban J connectivity index is 1.80. The van der Waals surface area contributed by atoms with Gasteiger partial charge in [0.1, 0.15) is 0 Å². The average Bonchev–Trinajstić information content (AvgIpc) is 2.91. The summed E-state index contributed by atoms with van der Waals surface area (Å²) in [5.41, 5.74) is 4.62. The fourth-order valence-electron chi connectivity index (χ4n) is 1.88. The molecular formula is C15H11BrN4O2. The van der Waals surface area contributed by atoms with Crippen molar-refractivity contribution in [1.29, 1.82) is 0 Å². The van der Waals surface area contributed by atoms with Crippen molar-refractivity contribution in [2.45, 2.75) is 0 Å². The molecule has 110 valence electrons. The monoisotopic (exact) mass is 358 g/mol. The van der Waals surface area contributed by atoms with Crippen LogP contribution in [0.1, 0.15) is 5.56 Å². The van der Waals surface area contributed by atoms with Crippen LogP contribution in [0.15, 0.2) is 68.8 Å². The van der Waals surface area contributed by atoms with Gasteiger partial charge in [-0.2, -0.15) is 5.10 Å². The summed E-state index contributed by atoms with van der Waals surface area (Å²) in [5, 5.41) is 19.5. The van der Waals surface area contributed by atoms with Crippen LogP contribution >= 0.6 is 15.9 Å². The van der Waals surface area contributed by atoms with Gasteiger partial charge in [0.15, 0.2) is 0 Å². The lowest BCUT2D eigenvalue weighted by atomic mass is 10.1. The SMILES string of the molecule is [O-][n+]1onc(N/N=C/c2ccc(Br)cc2)c1-c1ccccc1. The smallest absolute Gasteiger partial charge is 0.335 e. The maximum absolute atomic E-state index is 11.7. The summed E-state index contributed by atoms with van der Waals surface area (Å²) in [6.45, 7) is 0. The topological polar surface area (TPSA) is 77.4 Å². The number of nitrogens with one attached hydrogen (secondary N) is 1. The van der Waals surface area contributed by atoms with Crippen LogP contribution in [0, 0.1) is 5.21 Å². The van der Waals surface area contributed by atoms with E-state index in [-0.39, 0.29) is 11.5 Å². The van der Waals surface area contributed by atoms with Gasteiger partial charge in [-0.25, -0.2) is 5.43 Å². The Morgan fingerprint density at radius 1 is 1.14 bits per heavy atom. The molecular weight excluding hydrogens is 348 g/mol. The molecule has 1 N–H and O–H groups in total. The van der Waals surface area contributed by atoms with E-state index in [1.54, 1.807) is 18.3 Å². The Kier molecular flexibility index (Phi) is 4.15. The molecule has 1 aromatic heterocycles. The molecule has 3 aromatic rings. The maximum atomic E-state index is 11.7. The van der Waals surface area contributed by atoms with Crippen LogP contribution in [-0.4, -0.2) is 11.4 Å². The first-order valence-electron chi connectivity index (χ1n) is 6.44. The van der Waals surface area contributed by atoms with Gasteiger partial charge in [-0.05, 0) is 22.6 Å². The summed E-state index contributed by atoms with van der Waals surface area (Å²) in [7, 11) is 0. The molecule has 0 spiro atoms. The molecule has 0 atom stereocenters. The van der Waals surface area contributed by atoms with E-state index in [2.05, 4.69) is 36.2 Å². The third-order valence-corrected chi connectivity index (χ3v) is 3.44. The van der Waals surface area contributed by atoms with Crippen LogP contribution in [0.4, 0.5) is 5.82 Å². The van der Waals surface area contributed by atoms with Crippen molar-refractivity contribution in [3.63, 3.8) is 0 Å². The Morgan fingerprint density at radius 3 is 2.59 bits per heavy atom. The quantitative estimate of drug-likeness (QED) is 0.441. The number of hydrazone groups is 1. The predicted octanol–water partition coefficient (Wildman–Crippen LogP) is 3.18. The maximum Gasteiger partial charge on any atom is 0.335 e. The van der Waals surface area contributed by atoms with Crippen LogP contribution in [0.5, 0.6) is 0 Å². The number of hydrogen-bond donors (Lipinski definition) is 1. The first-order valence-corrected chi connectivity index (χ1v) is 7.23. The van der Waals surface area contributed by atoms with E-state index >= 15 is 0 Å². The third kappa shape index (κ3) is 3.15. The molecule has 0 aliphatic rings. The fourth-order valence-corrected chi connectivity index (χ4v) is 2.14. The Hall–Kier alpha value is -2.67. The van der Waals surface area contributed by atoms with E-state index in [9.17, 15) is 5.21 Å². The molecule has 0 bridgehead atoms. The number of anilines is 1. The highest BCUT2D eigenvalue weighted by Gasteiger charge is 2.20. The highest BCUT2D eigenvalue weighted by molar-refractivity contribution is 9.10. The zero-order valence-electron chi connectivity index (χ0n) is 11.3. The Morgan fingerprint density at radius 2 is 1.86 bits per heavy atom. The summed E-state index contributed by atoms with van der Waals surface area (Å²) >= 11 is 3.37. The van der Waals surface area contributed by atoms with Gasteiger partial charge in [0.25, 0.3) is 5.69 Å². The van der Waals surface area contributed by atoms with Gasteiger partial charge in [0.2, 0.25) is 0 Å². The van der Waals surface area contributed by atoms with Crippen molar-refractivity contribution in [2.75, 3.05) is 5.43 Å². The number of aromatic nitrogens is 2. The normalized spacial score (nSPS) is 11.0. The number of hydrogen-bond acceptors (Lipinski definition) is 5. The lowest BCUT2D eigenvalue weighted by molar-refractivity contribution is -0.793. The average molecular weight is 359 g/mol. The fraction of sp³-hybridized carbons (Fsp3) is 0. The van der Waals surface area contributed by atoms with E-state index in [1.807, 2.05) is 42.5 Å². The minimum Gasteiger partial charge on any atom is -0.359 e. The molecule has 0 amide bonds. The molecule has 0 saturated heterocycles. The van der Waals surface area contributed by atoms with Gasteiger partial charge < -0.3 is 5.21 Å². The summed E-state index contributed by atoms with van der Waals surface area (Å²) in [5.74, 6) is 0.259. The zero-order valence-corrected chi connectivity index (χ0v) is 12.9. The lowest BCUT2D eigenvalue weighted by Crippen LogP contribution is -2.25. The first kappa shape index (κ1) is 14.3. The highest BCUT2D eigenvalue weighted by Crippen LogP contribution is 2.22. The van der Waals surface area contributed by atoms with Gasteiger partial charge >= 0.3 is 5.82 Å². The second-order valence-corrected chi connectivity index (χ2v) is 5.33. The van der Waals surface area contributed by atoms with Crippen molar-refractivity contribution in [3.8, 4) is 11.3 Å². The van der Waals surface area contributed by atoms with Crippen molar-refractivity contribution in [2.24, 2.45) is 5.10 Å². The second-order valence-electron chi connectivity index (χ2n) is 4.41. The minimum absolute atomic E-state index is 0.259. The van der Waals surface area contributed by atoms with Gasteiger partial charge in [-0.3, -0.25) is 4.63 Å². The number of nitrogens with zero attached hydrogens (tertiary/aromatic N) is 3. The Bertz CT molecular complexity index is 785. The summed E-state index contributed by atoms with van der Waals surface area (Å²) in [6, 6.07) is 16.8. The highest BCUT2D eigenvalue weighted by atomic mass is 79.9. The molecule has 7 heteroatoms. The van der Waals surface area contributed by atoms with Crippen LogP contribution < -0.4 is 10.3 Å². The van der Waals surface area contributed by atoms with Crippen LogP contribution in [0.25, 0.3) is 11.3 Å². The van der Waals surface area contributed by atoms with Crippen molar-refractivity contribution in [1.82, 2.24) is 5.16 Å². The molecule has 0 aliphatic heterocycles. The molecule has 6 nitrogen and oxygen atoms in total. The molecule has 3 rings (SSSR count). The third-order valence-electron chi connectivity index (χ3n) is 2.91. The van der Waals surface area contributed by atoms with E-state index in [0.29, 0.717) is 10.5 Å². The molecule has 0 fully saturated rings. The molecule has 0 unspecified atom stereocenters. The molecule has 2 aromatic carbocycles. The second kappa shape index (κ2) is 6.40. The van der Waals surface area contributed by atoms with E-state index in [4.69, 9.17) is 0 Å². The predicted molar refractivity (Wildman–Crippen MR) is 86.3 cm³/mol. The molecule has 0 saturated carbocycles. The first-order chi connectivity index (χ1) is 10.7.